The molecule has 1 saturated carbocycles. The lowest BCUT2D eigenvalue weighted by Gasteiger charge is -2.34. The van der Waals surface area contributed by atoms with E-state index in [4.69, 9.17) is 9.47 Å². The summed E-state index contributed by atoms with van der Waals surface area (Å²) in [6, 6.07) is 0.654. The van der Waals surface area contributed by atoms with E-state index in [1.54, 1.807) is 0 Å². The molecule has 2 fully saturated rings. The Kier molecular flexibility index (Phi) is 24.7. The van der Waals surface area contributed by atoms with Gasteiger partial charge in [0.2, 0.25) is 0 Å². The quantitative estimate of drug-likeness (QED) is 0.0416. The van der Waals surface area contributed by atoms with E-state index in [0.717, 1.165) is 43.0 Å². The Hall–Kier alpha value is -1.16. The van der Waals surface area contributed by atoms with Gasteiger partial charge in [-0.25, -0.2) is 0 Å². The highest BCUT2D eigenvalue weighted by Crippen LogP contribution is 2.45. The molecule has 0 radical (unpaired) electrons. The number of rotatable bonds is 31. The van der Waals surface area contributed by atoms with Crippen LogP contribution >= 0.6 is 0 Å². The lowest BCUT2D eigenvalue weighted by Crippen LogP contribution is -2.45. The third-order valence-electron chi connectivity index (χ3n) is 10.8. The third-order valence-corrected chi connectivity index (χ3v) is 10.8. The van der Waals surface area contributed by atoms with Crippen molar-refractivity contribution in [1.29, 1.82) is 0 Å². The van der Waals surface area contributed by atoms with Gasteiger partial charge in [-0.1, -0.05) is 140 Å². The molecule has 1 aliphatic carbocycles. The van der Waals surface area contributed by atoms with Gasteiger partial charge in [0.15, 0.2) is 5.79 Å². The fourth-order valence-corrected chi connectivity index (χ4v) is 7.52. The van der Waals surface area contributed by atoms with Crippen LogP contribution in [0.1, 0.15) is 194 Å². The second kappa shape index (κ2) is 27.5. The molecule has 0 aromatic carbocycles. The van der Waals surface area contributed by atoms with Gasteiger partial charge in [0, 0.05) is 25.7 Å². The number of quaternary nitrogens is 1. The summed E-state index contributed by atoms with van der Waals surface area (Å²) in [5, 5.41) is 0. The highest BCUT2D eigenvalue weighted by molar-refractivity contribution is 4.95. The summed E-state index contributed by atoms with van der Waals surface area (Å²) < 4.78 is 14.8. The first kappa shape index (κ1) is 43.0. The summed E-state index contributed by atoms with van der Waals surface area (Å²) in [5.74, 6) is -0.310. The van der Waals surface area contributed by atoms with Gasteiger partial charge in [0.25, 0.3) is 0 Å². The standard InChI is InChI=1S/C45H82NO2/c1-6-8-10-12-14-16-18-20-22-24-26-28-30-32-34-36-38-45(47-43-40-42(46(3,4)5)41-44(43)48-45)39-37-35-33-31-29-27-25-23-21-19-17-15-13-11-9-7-2/h14-17,20-23,42-44H,6-13,18-19,24-41H2,1-5H3/q+1/b16-14-,17-15-,22-20-,23-21-/t42?,43-,44?/m0/s1. The summed E-state index contributed by atoms with van der Waals surface area (Å²) in [6.07, 6.45) is 55.1. The zero-order chi connectivity index (χ0) is 34.6. The monoisotopic (exact) mass is 669 g/mol. The smallest absolute Gasteiger partial charge is 0.169 e. The van der Waals surface area contributed by atoms with Crippen LogP contribution in [0.2, 0.25) is 0 Å². The van der Waals surface area contributed by atoms with Crippen molar-refractivity contribution in [1.82, 2.24) is 0 Å². The van der Waals surface area contributed by atoms with Crippen molar-refractivity contribution in [2.75, 3.05) is 21.1 Å². The van der Waals surface area contributed by atoms with Crippen LogP contribution in [0.3, 0.4) is 0 Å². The Morgan fingerprint density at radius 3 is 1.15 bits per heavy atom. The molecule has 278 valence electrons. The van der Waals surface area contributed by atoms with Crippen LogP contribution in [-0.2, 0) is 9.47 Å². The van der Waals surface area contributed by atoms with Crippen molar-refractivity contribution >= 4 is 0 Å². The Bertz CT molecular complexity index is 801. The zero-order valence-corrected chi connectivity index (χ0v) is 32.9. The number of hydrogen-bond acceptors (Lipinski definition) is 2. The van der Waals surface area contributed by atoms with Crippen molar-refractivity contribution in [3.63, 3.8) is 0 Å². The molecule has 0 spiro atoms. The number of hydrogen-bond donors (Lipinski definition) is 0. The van der Waals surface area contributed by atoms with Gasteiger partial charge in [-0.15, -0.1) is 0 Å². The Labute approximate surface area is 300 Å². The first-order valence-corrected chi connectivity index (χ1v) is 21.2. The van der Waals surface area contributed by atoms with Crippen LogP contribution < -0.4 is 0 Å². The maximum atomic E-state index is 6.89. The Morgan fingerprint density at radius 1 is 0.458 bits per heavy atom. The van der Waals surface area contributed by atoms with E-state index in [1.165, 1.54) is 141 Å². The molecule has 3 atom stereocenters. The molecule has 3 nitrogen and oxygen atoms in total. The average molecular weight is 669 g/mol. The molecule has 2 aliphatic rings. The highest BCUT2D eigenvalue weighted by atomic mass is 16.8. The summed E-state index contributed by atoms with van der Waals surface area (Å²) in [6.45, 7) is 4.54. The van der Waals surface area contributed by atoms with Gasteiger partial charge in [0.05, 0.1) is 39.4 Å². The van der Waals surface area contributed by atoms with E-state index in [1.807, 2.05) is 0 Å². The molecule has 0 aromatic rings. The average Bonchev–Trinajstić information content (AvgIpc) is 3.61. The van der Waals surface area contributed by atoms with Crippen molar-refractivity contribution < 1.29 is 14.0 Å². The Morgan fingerprint density at radius 2 is 0.792 bits per heavy atom. The molecule has 0 amide bonds. The fraction of sp³-hybridized carbons (Fsp3) is 0.822. The summed E-state index contributed by atoms with van der Waals surface area (Å²) >= 11 is 0. The van der Waals surface area contributed by atoms with E-state index in [9.17, 15) is 0 Å². The van der Waals surface area contributed by atoms with Gasteiger partial charge in [0.1, 0.15) is 0 Å². The van der Waals surface area contributed by atoms with Crippen molar-refractivity contribution in [2.24, 2.45) is 0 Å². The molecular formula is C45H82NO2+. The van der Waals surface area contributed by atoms with Crippen molar-refractivity contribution in [2.45, 2.75) is 218 Å². The van der Waals surface area contributed by atoms with Crippen LogP contribution in [0.25, 0.3) is 0 Å². The van der Waals surface area contributed by atoms with E-state index in [2.05, 4.69) is 83.6 Å². The van der Waals surface area contributed by atoms with Gasteiger partial charge in [-0.2, -0.15) is 0 Å². The maximum absolute atomic E-state index is 6.89. The molecule has 2 rings (SSSR count). The molecule has 2 unspecified atom stereocenters. The molecule has 0 bridgehead atoms. The van der Waals surface area contributed by atoms with Crippen LogP contribution in [0.4, 0.5) is 0 Å². The van der Waals surface area contributed by atoms with Gasteiger partial charge >= 0.3 is 0 Å². The van der Waals surface area contributed by atoms with Gasteiger partial charge in [-0.05, 0) is 77.0 Å². The minimum absolute atomic E-state index is 0.307. The van der Waals surface area contributed by atoms with Crippen molar-refractivity contribution in [3.8, 4) is 0 Å². The van der Waals surface area contributed by atoms with E-state index >= 15 is 0 Å². The second-order valence-electron chi connectivity index (χ2n) is 16.1. The molecule has 0 aromatic heterocycles. The molecule has 1 heterocycles. The number of allylic oxidation sites excluding steroid dienone is 8. The molecule has 1 aliphatic heterocycles. The topological polar surface area (TPSA) is 18.5 Å². The lowest BCUT2D eigenvalue weighted by atomic mass is 9.98. The third kappa shape index (κ3) is 20.5. The van der Waals surface area contributed by atoms with E-state index in [0.29, 0.717) is 18.2 Å². The summed E-state index contributed by atoms with van der Waals surface area (Å²) in [4.78, 5) is 0. The predicted molar refractivity (Wildman–Crippen MR) is 211 cm³/mol. The van der Waals surface area contributed by atoms with Crippen LogP contribution in [0.5, 0.6) is 0 Å². The predicted octanol–water partition coefficient (Wildman–Crippen LogP) is 13.7. The molecule has 3 heteroatoms. The first-order valence-electron chi connectivity index (χ1n) is 21.2. The van der Waals surface area contributed by atoms with Crippen molar-refractivity contribution in [3.05, 3.63) is 48.6 Å². The molecule has 1 saturated heterocycles. The van der Waals surface area contributed by atoms with Gasteiger partial charge in [-0.3, -0.25) is 0 Å². The van der Waals surface area contributed by atoms with Crippen LogP contribution in [0, 0.1) is 0 Å². The molecule has 48 heavy (non-hydrogen) atoms. The van der Waals surface area contributed by atoms with E-state index < -0.39 is 0 Å². The SMILES string of the molecule is CCCCC/C=C\C/C=C\CCCCCCCCC1(CCCCCCCC/C=C\C/C=C\CCCCC)OC2CC([N+](C)(C)C)C[C@@H]2O1. The van der Waals surface area contributed by atoms with Crippen LogP contribution in [-0.4, -0.2) is 49.7 Å². The molecular weight excluding hydrogens is 587 g/mol. The minimum atomic E-state index is -0.310. The number of unbranched alkanes of at least 4 members (excludes halogenated alkanes) is 18. The fourth-order valence-electron chi connectivity index (χ4n) is 7.52. The highest BCUT2D eigenvalue weighted by Gasteiger charge is 2.53. The molecule has 0 N–H and O–H groups in total. The normalized spacial score (nSPS) is 21.2. The number of fused-ring (bicyclic) bond motifs is 1. The number of nitrogens with zero attached hydrogens (tertiary/aromatic N) is 1. The zero-order valence-electron chi connectivity index (χ0n) is 32.9. The summed E-state index contributed by atoms with van der Waals surface area (Å²) in [5.41, 5.74) is 0. The maximum Gasteiger partial charge on any atom is 0.169 e. The first-order chi connectivity index (χ1) is 23.4. The Balaban J connectivity index is 1.58. The lowest BCUT2D eigenvalue weighted by molar-refractivity contribution is -0.895. The second-order valence-corrected chi connectivity index (χ2v) is 16.1. The minimum Gasteiger partial charge on any atom is -0.344 e. The summed E-state index contributed by atoms with van der Waals surface area (Å²) in [7, 11) is 6.98. The van der Waals surface area contributed by atoms with E-state index in [-0.39, 0.29) is 5.79 Å². The van der Waals surface area contributed by atoms with Crippen LogP contribution in [0.15, 0.2) is 48.6 Å². The largest absolute Gasteiger partial charge is 0.344 e. The van der Waals surface area contributed by atoms with Gasteiger partial charge < -0.3 is 14.0 Å². The number of ether oxygens (including phenoxy) is 2.